The van der Waals surface area contributed by atoms with Crippen LogP contribution in [-0.4, -0.2) is 16.2 Å². The summed E-state index contributed by atoms with van der Waals surface area (Å²) in [4.78, 5) is 5.80. The minimum atomic E-state index is -0.225. The number of hydrogen-bond acceptors (Lipinski definition) is 3. The van der Waals surface area contributed by atoms with Crippen LogP contribution in [0.15, 0.2) is 0 Å². The molecule has 1 fully saturated rings. The van der Waals surface area contributed by atoms with Crippen LogP contribution < -0.4 is 0 Å². The smallest absolute Gasteiger partial charge is 0.0956 e. The highest BCUT2D eigenvalue weighted by Gasteiger charge is 2.39. The van der Waals surface area contributed by atoms with E-state index in [-0.39, 0.29) is 6.10 Å². The van der Waals surface area contributed by atoms with Gasteiger partial charge in [-0.25, -0.2) is 4.98 Å². The number of aromatic nitrogens is 1. The molecule has 1 saturated carbocycles. The van der Waals surface area contributed by atoms with E-state index in [2.05, 4.69) is 25.8 Å². The number of thiazole rings is 1. The van der Waals surface area contributed by atoms with Crippen LogP contribution in [0.5, 0.6) is 0 Å². The molecule has 1 aromatic heterocycles. The van der Waals surface area contributed by atoms with Crippen LogP contribution in [0.1, 0.15) is 48.7 Å². The number of aliphatic hydroxyl groups is 1. The molecule has 1 N–H and O–H groups in total. The van der Waals surface area contributed by atoms with E-state index in [9.17, 15) is 5.11 Å². The predicted octanol–water partition coefficient (Wildman–Crippen LogP) is 3.49. The maximum Gasteiger partial charge on any atom is 0.0956 e. The lowest BCUT2D eigenvalue weighted by Gasteiger charge is -2.30. The van der Waals surface area contributed by atoms with Gasteiger partial charge < -0.3 is 5.11 Å². The Morgan fingerprint density at radius 2 is 2.18 bits per heavy atom. The van der Waals surface area contributed by atoms with E-state index in [1.807, 2.05) is 6.92 Å². The van der Waals surface area contributed by atoms with Gasteiger partial charge in [-0.2, -0.15) is 0 Å². The molecular weight excluding hydrogens is 230 g/mol. The van der Waals surface area contributed by atoms with Crippen molar-refractivity contribution in [3.8, 4) is 0 Å². The van der Waals surface area contributed by atoms with Crippen molar-refractivity contribution >= 4 is 11.3 Å². The third-order valence-corrected chi connectivity index (χ3v) is 5.36. The standard InChI is InChI=1S/C14H23NOS/c1-9-10(2)17-13(15-9)8-12(16)11-6-5-7-14(11,3)4/h11-12,16H,5-8H2,1-4H3. The van der Waals surface area contributed by atoms with Crippen LogP contribution in [0.25, 0.3) is 0 Å². The Morgan fingerprint density at radius 3 is 2.65 bits per heavy atom. The van der Waals surface area contributed by atoms with Gasteiger partial charge in [-0.1, -0.05) is 20.3 Å². The average molecular weight is 253 g/mol. The monoisotopic (exact) mass is 253 g/mol. The van der Waals surface area contributed by atoms with Gasteiger partial charge in [-0.15, -0.1) is 11.3 Å². The van der Waals surface area contributed by atoms with Gasteiger partial charge in [0, 0.05) is 11.3 Å². The maximum absolute atomic E-state index is 10.4. The molecule has 0 aliphatic heterocycles. The van der Waals surface area contributed by atoms with Crippen molar-refractivity contribution in [2.24, 2.45) is 11.3 Å². The van der Waals surface area contributed by atoms with Crippen molar-refractivity contribution < 1.29 is 5.11 Å². The Balaban J connectivity index is 2.04. The Labute approximate surface area is 108 Å². The maximum atomic E-state index is 10.4. The summed E-state index contributed by atoms with van der Waals surface area (Å²) in [6.07, 6.45) is 4.16. The number of nitrogens with zero attached hydrogens (tertiary/aromatic N) is 1. The fourth-order valence-electron chi connectivity index (χ4n) is 3.01. The largest absolute Gasteiger partial charge is 0.392 e. The molecule has 0 saturated heterocycles. The summed E-state index contributed by atoms with van der Waals surface area (Å²) >= 11 is 1.73. The molecule has 0 amide bonds. The van der Waals surface area contributed by atoms with Crippen molar-refractivity contribution in [2.75, 3.05) is 0 Å². The van der Waals surface area contributed by atoms with E-state index in [1.165, 1.54) is 17.7 Å². The molecule has 2 nitrogen and oxygen atoms in total. The van der Waals surface area contributed by atoms with Crippen molar-refractivity contribution in [1.82, 2.24) is 4.98 Å². The molecule has 2 rings (SSSR count). The van der Waals surface area contributed by atoms with Crippen LogP contribution in [0, 0.1) is 25.2 Å². The Morgan fingerprint density at radius 1 is 1.47 bits per heavy atom. The highest BCUT2D eigenvalue weighted by atomic mass is 32.1. The van der Waals surface area contributed by atoms with E-state index in [1.54, 1.807) is 11.3 Å². The van der Waals surface area contributed by atoms with Crippen molar-refractivity contribution in [1.29, 1.82) is 0 Å². The number of hydrogen-bond donors (Lipinski definition) is 1. The van der Waals surface area contributed by atoms with Gasteiger partial charge in [0.05, 0.1) is 16.8 Å². The minimum Gasteiger partial charge on any atom is -0.392 e. The first-order valence-corrected chi connectivity index (χ1v) is 7.33. The second-order valence-corrected chi connectivity index (χ2v) is 7.30. The molecule has 1 aliphatic rings. The van der Waals surface area contributed by atoms with Crippen molar-refractivity contribution in [3.05, 3.63) is 15.6 Å². The normalized spacial score (nSPS) is 25.1. The summed E-state index contributed by atoms with van der Waals surface area (Å²) in [5.41, 5.74) is 1.41. The molecule has 0 radical (unpaired) electrons. The zero-order valence-corrected chi connectivity index (χ0v) is 12.1. The second-order valence-electron chi connectivity index (χ2n) is 6.01. The summed E-state index contributed by atoms with van der Waals surface area (Å²) < 4.78 is 0. The molecule has 1 aliphatic carbocycles. The molecule has 17 heavy (non-hydrogen) atoms. The van der Waals surface area contributed by atoms with Crippen LogP contribution in [-0.2, 0) is 6.42 Å². The van der Waals surface area contributed by atoms with Crippen molar-refractivity contribution in [2.45, 2.75) is 59.5 Å². The molecule has 1 heterocycles. The second kappa shape index (κ2) is 4.69. The molecule has 1 aromatic rings. The average Bonchev–Trinajstić information content (AvgIpc) is 2.70. The summed E-state index contributed by atoms with van der Waals surface area (Å²) in [5, 5.41) is 11.5. The zero-order chi connectivity index (χ0) is 12.6. The molecular formula is C14H23NOS. The number of aryl methyl sites for hydroxylation is 2. The van der Waals surface area contributed by atoms with Gasteiger partial charge in [0.15, 0.2) is 0 Å². The molecule has 0 bridgehead atoms. The topological polar surface area (TPSA) is 33.1 Å². The number of aliphatic hydroxyl groups excluding tert-OH is 1. The molecule has 0 spiro atoms. The molecule has 2 atom stereocenters. The molecule has 3 heteroatoms. The van der Waals surface area contributed by atoms with Crippen LogP contribution >= 0.6 is 11.3 Å². The quantitative estimate of drug-likeness (QED) is 0.894. The lowest BCUT2D eigenvalue weighted by molar-refractivity contribution is 0.0542. The third-order valence-electron chi connectivity index (χ3n) is 4.26. The van der Waals surface area contributed by atoms with Gasteiger partial charge in [0.25, 0.3) is 0 Å². The summed E-state index contributed by atoms with van der Waals surface area (Å²) in [6.45, 7) is 8.71. The van der Waals surface area contributed by atoms with E-state index >= 15 is 0 Å². The first-order chi connectivity index (χ1) is 7.90. The fourth-order valence-corrected chi connectivity index (χ4v) is 4.00. The highest BCUT2D eigenvalue weighted by molar-refractivity contribution is 7.11. The molecule has 0 aromatic carbocycles. The lowest BCUT2D eigenvalue weighted by Crippen LogP contribution is -2.31. The van der Waals surface area contributed by atoms with Crippen LogP contribution in [0.2, 0.25) is 0 Å². The summed E-state index contributed by atoms with van der Waals surface area (Å²) in [5.74, 6) is 0.437. The zero-order valence-electron chi connectivity index (χ0n) is 11.3. The molecule has 96 valence electrons. The highest BCUT2D eigenvalue weighted by Crippen LogP contribution is 2.45. The van der Waals surface area contributed by atoms with E-state index in [0.29, 0.717) is 11.3 Å². The molecule has 2 unspecified atom stereocenters. The Bertz CT molecular complexity index is 377. The Hall–Kier alpha value is -0.410. The van der Waals surface area contributed by atoms with E-state index in [0.717, 1.165) is 23.5 Å². The minimum absolute atomic E-state index is 0.225. The third kappa shape index (κ3) is 2.71. The van der Waals surface area contributed by atoms with Crippen molar-refractivity contribution in [3.63, 3.8) is 0 Å². The Kier molecular flexibility index (Phi) is 3.60. The van der Waals surface area contributed by atoms with Gasteiger partial charge in [0.1, 0.15) is 0 Å². The SMILES string of the molecule is Cc1nc(CC(O)C2CCCC2(C)C)sc1C. The van der Waals surface area contributed by atoms with Crippen LogP contribution in [0.4, 0.5) is 0 Å². The lowest BCUT2D eigenvalue weighted by atomic mass is 9.78. The number of rotatable bonds is 3. The van der Waals surface area contributed by atoms with Gasteiger partial charge >= 0.3 is 0 Å². The van der Waals surface area contributed by atoms with Gasteiger partial charge in [0.2, 0.25) is 0 Å². The summed E-state index contributed by atoms with van der Waals surface area (Å²) in [6, 6.07) is 0. The van der Waals surface area contributed by atoms with Gasteiger partial charge in [-0.05, 0) is 38.0 Å². The van der Waals surface area contributed by atoms with Crippen LogP contribution in [0.3, 0.4) is 0 Å². The fraction of sp³-hybridized carbons (Fsp3) is 0.786. The predicted molar refractivity (Wildman–Crippen MR) is 72.4 cm³/mol. The van der Waals surface area contributed by atoms with Gasteiger partial charge in [-0.3, -0.25) is 0 Å². The summed E-state index contributed by atoms with van der Waals surface area (Å²) in [7, 11) is 0. The van der Waals surface area contributed by atoms with E-state index < -0.39 is 0 Å². The first-order valence-electron chi connectivity index (χ1n) is 6.51. The first kappa shape index (κ1) is 13.0. The van der Waals surface area contributed by atoms with E-state index in [4.69, 9.17) is 0 Å².